The first-order valence-electron chi connectivity index (χ1n) is 9.71. The molecule has 156 valence electrons. The zero-order chi connectivity index (χ0) is 21.5. The average Bonchev–Trinajstić information content (AvgIpc) is 3.24. The Bertz CT molecular complexity index is 1230. The van der Waals surface area contributed by atoms with Gasteiger partial charge < -0.3 is 9.47 Å². The number of ether oxygens (including phenoxy) is 2. The Balaban J connectivity index is 1.80. The summed E-state index contributed by atoms with van der Waals surface area (Å²) in [6.45, 7) is 0.569. The number of rotatable bonds is 7. The van der Waals surface area contributed by atoms with Gasteiger partial charge in [0.2, 0.25) is 4.80 Å². The van der Waals surface area contributed by atoms with Gasteiger partial charge in [-0.1, -0.05) is 36.4 Å². The minimum Gasteiger partial charge on any atom is -0.497 e. The Hall–Kier alpha value is -3.71. The zero-order valence-corrected chi connectivity index (χ0v) is 18.1. The fourth-order valence-electron chi connectivity index (χ4n) is 3.03. The third-order valence-corrected chi connectivity index (χ3v) is 5.46. The number of nitrogens with zero attached hydrogens (tertiary/aromatic N) is 4. The summed E-state index contributed by atoms with van der Waals surface area (Å²) in [5.74, 6) is 1.43. The predicted molar refractivity (Wildman–Crippen MR) is 124 cm³/mol. The van der Waals surface area contributed by atoms with Crippen LogP contribution in [0.5, 0.6) is 11.5 Å². The molecule has 0 radical (unpaired) electrons. The Labute approximate surface area is 184 Å². The first kappa shape index (κ1) is 20.6. The molecule has 0 amide bonds. The van der Waals surface area contributed by atoms with Gasteiger partial charge >= 0.3 is 0 Å². The standard InChI is InChI=1S/C24H22N4O2S/c1-29-20-11-12-21(23(14-20)30-2)22-17-31-24(26-15-18-8-4-3-5-9-18)28(22)27-16-19-10-6-7-13-25-19/h3-14,16-17H,15H2,1-2H3. The van der Waals surface area contributed by atoms with Crippen LogP contribution in [0.15, 0.2) is 88.4 Å². The number of pyridine rings is 1. The van der Waals surface area contributed by atoms with Gasteiger partial charge in [0.25, 0.3) is 0 Å². The molecular weight excluding hydrogens is 408 g/mol. The molecule has 7 heteroatoms. The van der Waals surface area contributed by atoms with Crippen LogP contribution in [-0.2, 0) is 6.54 Å². The van der Waals surface area contributed by atoms with Crippen molar-refractivity contribution in [1.82, 2.24) is 9.66 Å². The van der Waals surface area contributed by atoms with Gasteiger partial charge in [-0.2, -0.15) is 5.10 Å². The highest BCUT2D eigenvalue weighted by molar-refractivity contribution is 7.07. The normalized spacial score (nSPS) is 11.7. The lowest BCUT2D eigenvalue weighted by atomic mass is 10.1. The molecule has 0 N–H and O–H groups in total. The summed E-state index contributed by atoms with van der Waals surface area (Å²) in [6.07, 6.45) is 3.47. The first-order chi connectivity index (χ1) is 15.3. The van der Waals surface area contributed by atoms with Gasteiger partial charge in [-0.25, -0.2) is 4.68 Å². The first-order valence-corrected chi connectivity index (χ1v) is 10.6. The van der Waals surface area contributed by atoms with Crippen LogP contribution in [0.1, 0.15) is 11.3 Å². The molecule has 0 aliphatic heterocycles. The molecular formula is C24H22N4O2S. The molecule has 2 aromatic carbocycles. The maximum Gasteiger partial charge on any atom is 0.206 e. The van der Waals surface area contributed by atoms with E-state index >= 15 is 0 Å². The minimum atomic E-state index is 0.569. The van der Waals surface area contributed by atoms with Crippen molar-refractivity contribution in [2.45, 2.75) is 6.54 Å². The van der Waals surface area contributed by atoms with Crippen molar-refractivity contribution in [3.63, 3.8) is 0 Å². The molecule has 0 fully saturated rings. The van der Waals surface area contributed by atoms with Crippen LogP contribution in [0.2, 0.25) is 0 Å². The molecule has 6 nitrogen and oxygen atoms in total. The van der Waals surface area contributed by atoms with E-state index in [4.69, 9.17) is 19.6 Å². The van der Waals surface area contributed by atoms with E-state index in [1.165, 1.54) is 11.3 Å². The van der Waals surface area contributed by atoms with Crippen LogP contribution in [0.25, 0.3) is 11.3 Å². The van der Waals surface area contributed by atoms with Crippen molar-refractivity contribution in [3.8, 4) is 22.8 Å². The van der Waals surface area contributed by atoms with E-state index in [1.54, 1.807) is 26.6 Å². The maximum absolute atomic E-state index is 5.62. The molecule has 2 heterocycles. The van der Waals surface area contributed by atoms with Crippen molar-refractivity contribution in [3.05, 3.63) is 94.4 Å². The molecule has 0 unspecified atom stereocenters. The van der Waals surface area contributed by atoms with E-state index in [9.17, 15) is 0 Å². The van der Waals surface area contributed by atoms with Crippen molar-refractivity contribution >= 4 is 17.6 Å². The van der Waals surface area contributed by atoms with E-state index in [2.05, 4.69) is 17.1 Å². The Morgan fingerprint density at radius 2 is 1.84 bits per heavy atom. The van der Waals surface area contributed by atoms with Crippen LogP contribution < -0.4 is 14.3 Å². The quantitative estimate of drug-likeness (QED) is 0.402. The summed E-state index contributed by atoms with van der Waals surface area (Å²) in [5, 5.41) is 6.73. The molecule has 0 aliphatic carbocycles. The van der Waals surface area contributed by atoms with Gasteiger partial charge in [-0.3, -0.25) is 9.98 Å². The number of methoxy groups -OCH3 is 2. The van der Waals surface area contributed by atoms with E-state index in [0.717, 1.165) is 33.1 Å². The molecule has 0 aliphatic rings. The maximum atomic E-state index is 5.62. The molecule has 0 saturated heterocycles. The van der Waals surface area contributed by atoms with Crippen molar-refractivity contribution < 1.29 is 9.47 Å². The van der Waals surface area contributed by atoms with Gasteiger partial charge in [-0.15, -0.1) is 11.3 Å². The predicted octanol–water partition coefficient (Wildman–Crippen LogP) is 4.61. The number of thiazole rings is 1. The highest BCUT2D eigenvalue weighted by Crippen LogP contribution is 2.33. The largest absolute Gasteiger partial charge is 0.497 e. The summed E-state index contributed by atoms with van der Waals surface area (Å²) >= 11 is 1.53. The number of aromatic nitrogens is 2. The molecule has 0 bridgehead atoms. The molecule has 0 saturated carbocycles. The monoisotopic (exact) mass is 430 g/mol. The van der Waals surface area contributed by atoms with Gasteiger partial charge in [0.1, 0.15) is 11.5 Å². The van der Waals surface area contributed by atoms with E-state index in [1.807, 2.05) is 64.7 Å². The van der Waals surface area contributed by atoms with Crippen LogP contribution in [-0.4, -0.2) is 30.1 Å². The van der Waals surface area contributed by atoms with Crippen LogP contribution in [0, 0.1) is 0 Å². The lowest BCUT2D eigenvalue weighted by Crippen LogP contribution is -2.13. The summed E-state index contributed by atoms with van der Waals surface area (Å²) in [7, 11) is 3.28. The molecule has 31 heavy (non-hydrogen) atoms. The lowest BCUT2D eigenvalue weighted by Gasteiger charge is -2.10. The van der Waals surface area contributed by atoms with Gasteiger partial charge in [0.05, 0.1) is 38.4 Å². The van der Waals surface area contributed by atoms with Crippen LogP contribution >= 0.6 is 11.3 Å². The molecule has 0 spiro atoms. The van der Waals surface area contributed by atoms with Crippen LogP contribution in [0.3, 0.4) is 0 Å². The topological polar surface area (TPSA) is 61.0 Å². The molecule has 4 aromatic rings. The summed E-state index contributed by atoms with van der Waals surface area (Å²) in [4.78, 5) is 9.92. The summed E-state index contributed by atoms with van der Waals surface area (Å²) < 4.78 is 12.8. The molecule has 0 atom stereocenters. The van der Waals surface area contributed by atoms with Gasteiger partial charge in [0, 0.05) is 23.2 Å². The minimum absolute atomic E-state index is 0.569. The fraction of sp³-hybridized carbons (Fsp3) is 0.125. The third kappa shape index (κ3) is 4.90. The number of hydrogen-bond donors (Lipinski definition) is 0. The van der Waals surface area contributed by atoms with E-state index in [-0.39, 0.29) is 0 Å². The van der Waals surface area contributed by atoms with Crippen molar-refractivity contribution in [2.24, 2.45) is 10.1 Å². The highest BCUT2D eigenvalue weighted by atomic mass is 32.1. The highest BCUT2D eigenvalue weighted by Gasteiger charge is 2.13. The number of benzene rings is 2. The van der Waals surface area contributed by atoms with E-state index in [0.29, 0.717) is 12.3 Å². The second-order valence-corrected chi connectivity index (χ2v) is 7.42. The Kier molecular flexibility index (Phi) is 6.54. The van der Waals surface area contributed by atoms with Crippen LogP contribution in [0.4, 0.5) is 0 Å². The lowest BCUT2D eigenvalue weighted by molar-refractivity contribution is 0.395. The number of hydrogen-bond acceptors (Lipinski definition) is 6. The average molecular weight is 431 g/mol. The molecule has 2 aromatic heterocycles. The van der Waals surface area contributed by atoms with Crippen molar-refractivity contribution in [2.75, 3.05) is 14.2 Å². The molecule has 4 rings (SSSR count). The van der Waals surface area contributed by atoms with Crippen molar-refractivity contribution in [1.29, 1.82) is 0 Å². The summed E-state index contributed by atoms with van der Waals surface area (Å²) in [5.41, 5.74) is 3.69. The Morgan fingerprint density at radius 1 is 1.00 bits per heavy atom. The Morgan fingerprint density at radius 3 is 2.58 bits per heavy atom. The fourth-order valence-corrected chi connectivity index (χ4v) is 3.85. The summed E-state index contributed by atoms with van der Waals surface area (Å²) in [6, 6.07) is 21.6. The second-order valence-electron chi connectivity index (χ2n) is 6.58. The second kappa shape index (κ2) is 9.86. The zero-order valence-electron chi connectivity index (χ0n) is 17.3. The van der Waals surface area contributed by atoms with Gasteiger partial charge in [-0.05, 0) is 29.8 Å². The smallest absolute Gasteiger partial charge is 0.206 e. The van der Waals surface area contributed by atoms with E-state index < -0.39 is 0 Å². The SMILES string of the molecule is COc1ccc(-c2csc(=NCc3ccccc3)n2N=Cc2ccccn2)c(OC)c1. The van der Waals surface area contributed by atoms with Gasteiger partial charge in [0.15, 0.2) is 0 Å². The third-order valence-electron chi connectivity index (χ3n) is 4.60.